The third kappa shape index (κ3) is 1.96. The summed E-state index contributed by atoms with van der Waals surface area (Å²) in [6.45, 7) is 0.188. The van der Waals surface area contributed by atoms with Gasteiger partial charge in [0.05, 0.1) is 18.4 Å². The molecular weight excluding hydrogens is 276 g/mol. The van der Waals surface area contributed by atoms with Gasteiger partial charge in [-0.1, -0.05) is 17.5 Å². The van der Waals surface area contributed by atoms with Gasteiger partial charge in [0.25, 0.3) is 5.56 Å². The molecule has 0 saturated heterocycles. The highest BCUT2D eigenvalue weighted by atomic mass is 35.5. The van der Waals surface area contributed by atoms with E-state index in [4.69, 9.17) is 18.0 Å². The molecule has 0 saturated carbocycles. The fourth-order valence-corrected chi connectivity index (χ4v) is 2.06. The zero-order valence-corrected chi connectivity index (χ0v) is 11.1. The lowest BCUT2D eigenvalue weighted by atomic mass is 10.3. The average Bonchev–Trinajstić information content (AvgIpc) is 2.88. The molecule has 0 radical (unpaired) electrons. The molecule has 0 fully saturated rings. The maximum atomic E-state index is 12.2. The van der Waals surface area contributed by atoms with Crippen molar-refractivity contribution in [2.75, 3.05) is 0 Å². The highest BCUT2D eigenvalue weighted by molar-refractivity contribution is 6.30. The highest BCUT2D eigenvalue weighted by Gasteiger charge is 2.10. The van der Waals surface area contributed by atoms with Crippen LogP contribution in [0, 0.1) is 12.3 Å². The molecule has 0 spiro atoms. The molecule has 0 N–H and O–H groups in total. The highest BCUT2D eigenvalue weighted by Crippen LogP contribution is 2.16. The summed E-state index contributed by atoms with van der Waals surface area (Å²) >= 11 is 5.85. The molecule has 20 heavy (non-hydrogen) atoms. The van der Waals surface area contributed by atoms with E-state index >= 15 is 0 Å². The molecular formula is C14H9ClN4O. The Balaban J connectivity index is 2.20. The Hall–Kier alpha value is -2.58. The Morgan fingerprint density at radius 3 is 2.75 bits per heavy atom. The third-order valence-corrected chi connectivity index (χ3v) is 3.14. The Morgan fingerprint density at radius 2 is 2.05 bits per heavy atom. The first-order valence-corrected chi connectivity index (χ1v) is 6.21. The van der Waals surface area contributed by atoms with Crippen molar-refractivity contribution >= 4 is 22.6 Å². The van der Waals surface area contributed by atoms with Crippen molar-refractivity contribution < 1.29 is 0 Å². The van der Waals surface area contributed by atoms with Gasteiger partial charge in [0.15, 0.2) is 5.65 Å². The van der Waals surface area contributed by atoms with Crippen LogP contribution in [0.25, 0.3) is 16.7 Å². The van der Waals surface area contributed by atoms with E-state index in [1.165, 1.54) is 17.1 Å². The number of terminal acetylenes is 1. The quantitative estimate of drug-likeness (QED) is 0.675. The van der Waals surface area contributed by atoms with Gasteiger partial charge < -0.3 is 0 Å². The first kappa shape index (κ1) is 12.5. The van der Waals surface area contributed by atoms with E-state index in [1.54, 1.807) is 16.8 Å². The second kappa shape index (κ2) is 4.83. The summed E-state index contributed by atoms with van der Waals surface area (Å²) in [6, 6.07) is 7.13. The summed E-state index contributed by atoms with van der Waals surface area (Å²) in [7, 11) is 0. The summed E-state index contributed by atoms with van der Waals surface area (Å²) in [5, 5.41) is 5.27. The minimum absolute atomic E-state index is 0.188. The van der Waals surface area contributed by atoms with Crippen LogP contribution < -0.4 is 5.56 Å². The minimum Gasteiger partial charge on any atom is -0.287 e. The van der Waals surface area contributed by atoms with Crippen LogP contribution in [0.5, 0.6) is 0 Å². The van der Waals surface area contributed by atoms with Gasteiger partial charge in [-0.2, -0.15) is 5.10 Å². The topological polar surface area (TPSA) is 52.7 Å². The summed E-state index contributed by atoms with van der Waals surface area (Å²) in [5.41, 5.74) is 1.07. The van der Waals surface area contributed by atoms with Crippen molar-refractivity contribution in [3.8, 4) is 18.0 Å². The van der Waals surface area contributed by atoms with Crippen LogP contribution in [0.4, 0.5) is 0 Å². The lowest BCUT2D eigenvalue weighted by molar-refractivity contribution is 0.778. The molecule has 3 rings (SSSR count). The van der Waals surface area contributed by atoms with Gasteiger partial charge in [-0.15, -0.1) is 6.42 Å². The molecule has 0 aliphatic rings. The zero-order valence-electron chi connectivity index (χ0n) is 10.3. The van der Waals surface area contributed by atoms with Crippen molar-refractivity contribution in [1.29, 1.82) is 0 Å². The monoisotopic (exact) mass is 284 g/mol. The smallest absolute Gasteiger partial charge is 0.265 e. The molecule has 0 amide bonds. The lowest BCUT2D eigenvalue weighted by Crippen LogP contribution is -2.19. The van der Waals surface area contributed by atoms with E-state index in [0.29, 0.717) is 16.1 Å². The SMILES string of the molecule is C#CCn1cnc2c(cnn2-c2ccc(Cl)cc2)c1=O. The summed E-state index contributed by atoms with van der Waals surface area (Å²) < 4.78 is 2.96. The Kier molecular flexibility index (Phi) is 3.01. The van der Waals surface area contributed by atoms with Crippen molar-refractivity contribution in [3.05, 3.63) is 52.2 Å². The number of hydrogen-bond donors (Lipinski definition) is 0. The van der Waals surface area contributed by atoms with Crippen LogP contribution in [-0.2, 0) is 6.54 Å². The second-order valence-electron chi connectivity index (χ2n) is 4.15. The summed E-state index contributed by atoms with van der Waals surface area (Å²) in [5.74, 6) is 2.42. The summed E-state index contributed by atoms with van der Waals surface area (Å²) in [4.78, 5) is 16.4. The van der Waals surface area contributed by atoms with Crippen LogP contribution in [0.2, 0.25) is 5.02 Å². The van der Waals surface area contributed by atoms with Crippen LogP contribution in [0.1, 0.15) is 0 Å². The van der Waals surface area contributed by atoms with Gasteiger partial charge in [0.1, 0.15) is 11.7 Å². The van der Waals surface area contributed by atoms with Gasteiger partial charge in [-0.05, 0) is 24.3 Å². The second-order valence-corrected chi connectivity index (χ2v) is 4.59. The molecule has 2 aromatic heterocycles. The van der Waals surface area contributed by atoms with E-state index in [0.717, 1.165) is 5.69 Å². The molecule has 3 aromatic rings. The molecule has 98 valence electrons. The molecule has 0 aliphatic carbocycles. The number of hydrogen-bond acceptors (Lipinski definition) is 3. The van der Waals surface area contributed by atoms with Gasteiger partial charge >= 0.3 is 0 Å². The van der Waals surface area contributed by atoms with Crippen molar-refractivity contribution in [3.63, 3.8) is 0 Å². The van der Waals surface area contributed by atoms with Gasteiger partial charge in [-0.3, -0.25) is 9.36 Å². The molecule has 5 nitrogen and oxygen atoms in total. The first-order valence-electron chi connectivity index (χ1n) is 5.83. The van der Waals surface area contributed by atoms with Gasteiger partial charge in [0, 0.05) is 5.02 Å². The number of fused-ring (bicyclic) bond motifs is 1. The minimum atomic E-state index is -0.201. The normalized spacial score (nSPS) is 10.6. The van der Waals surface area contributed by atoms with E-state index in [1.807, 2.05) is 12.1 Å². The van der Waals surface area contributed by atoms with E-state index in [-0.39, 0.29) is 12.1 Å². The van der Waals surface area contributed by atoms with E-state index in [9.17, 15) is 4.79 Å². The van der Waals surface area contributed by atoms with Crippen LogP contribution >= 0.6 is 11.6 Å². The molecule has 0 atom stereocenters. The van der Waals surface area contributed by atoms with Crippen molar-refractivity contribution in [2.45, 2.75) is 6.54 Å². The number of nitrogens with zero attached hydrogens (tertiary/aromatic N) is 4. The number of benzene rings is 1. The predicted molar refractivity (Wildman–Crippen MR) is 77.0 cm³/mol. The zero-order chi connectivity index (χ0) is 14.1. The third-order valence-electron chi connectivity index (χ3n) is 2.89. The summed E-state index contributed by atoms with van der Waals surface area (Å²) in [6.07, 6.45) is 8.13. The fourth-order valence-electron chi connectivity index (χ4n) is 1.93. The first-order chi connectivity index (χ1) is 9.70. The van der Waals surface area contributed by atoms with Crippen LogP contribution in [0.15, 0.2) is 41.6 Å². The molecule has 0 bridgehead atoms. The molecule has 2 heterocycles. The molecule has 1 aromatic carbocycles. The fraction of sp³-hybridized carbons (Fsp3) is 0.0714. The predicted octanol–water partition coefficient (Wildman–Crippen LogP) is 1.87. The Morgan fingerprint density at radius 1 is 1.30 bits per heavy atom. The van der Waals surface area contributed by atoms with E-state index < -0.39 is 0 Å². The molecule has 6 heteroatoms. The van der Waals surface area contributed by atoms with E-state index in [2.05, 4.69) is 16.0 Å². The molecule has 0 aliphatic heterocycles. The number of rotatable bonds is 2. The van der Waals surface area contributed by atoms with Gasteiger partial charge in [0.2, 0.25) is 0 Å². The van der Waals surface area contributed by atoms with Crippen LogP contribution in [-0.4, -0.2) is 19.3 Å². The lowest BCUT2D eigenvalue weighted by Gasteiger charge is -2.04. The van der Waals surface area contributed by atoms with Crippen molar-refractivity contribution in [1.82, 2.24) is 19.3 Å². The Labute approximate surface area is 119 Å². The van der Waals surface area contributed by atoms with Gasteiger partial charge in [-0.25, -0.2) is 9.67 Å². The largest absolute Gasteiger partial charge is 0.287 e. The van der Waals surface area contributed by atoms with Crippen LogP contribution in [0.3, 0.4) is 0 Å². The average molecular weight is 285 g/mol. The number of halogens is 1. The number of aromatic nitrogens is 4. The van der Waals surface area contributed by atoms with Crippen molar-refractivity contribution in [2.24, 2.45) is 0 Å². The standard InChI is InChI=1S/C14H9ClN4O/c1-2-7-18-9-16-13-12(14(18)20)8-17-19(13)11-5-3-10(15)4-6-11/h1,3-6,8-9H,7H2. The molecule has 0 unspecified atom stereocenters. The maximum Gasteiger partial charge on any atom is 0.265 e. The Bertz CT molecular complexity index is 871. The maximum absolute atomic E-state index is 12.2.